The van der Waals surface area contributed by atoms with Crippen LogP contribution in [-0.4, -0.2) is 31.9 Å². The predicted octanol–water partition coefficient (Wildman–Crippen LogP) is 2.64. The minimum atomic E-state index is 0.286. The topological polar surface area (TPSA) is 21.7 Å². The van der Waals surface area contributed by atoms with Crippen LogP contribution in [0.4, 0.5) is 0 Å². The lowest BCUT2D eigenvalue weighted by molar-refractivity contribution is -0.0276. The van der Waals surface area contributed by atoms with Gasteiger partial charge in [0.15, 0.2) is 6.79 Å². The molecular weight excluding hydrogens is 214 g/mol. The van der Waals surface area contributed by atoms with E-state index in [0.717, 1.165) is 13.1 Å². The molecular formula is C14H21NO2. The van der Waals surface area contributed by atoms with Crippen LogP contribution >= 0.6 is 0 Å². The molecule has 0 heterocycles. The molecule has 0 bridgehead atoms. The van der Waals surface area contributed by atoms with Crippen molar-refractivity contribution in [2.45, 2.75) is 13.5 Å². The number of hydrogen-bond acceptors (Lipinski definition) is 3. The Labute approximate surface area is 104 Å². The fourth-order valence-corrected chi connectivity index (χ4v) is 1.40. The van der Waals surface area contributed by atoms with Crippen LogP contribution in [0.15, 0.2) is 42.7 Å². The third-order valence-electron chi connectivity index (χ3n) is 2.30. The summed E-state index contributed by atoms with van der Waals surface area (Å²) in [6.45, 7) is 8.21. The summed E-state index contributed by atoms with van der Waals surface area (Å²) in [5, 5.41) is 0. The van der Waals surface area contributed by atoms with Gasteiger partial charge in [-0.25, -0.2) is 0 Å². The summed E-state index contributed by atoms with van der Waals surface area (Å²) >= 11 is 0. The maximum Gasteiger partial charge on any atom is 0.188 e. The molecule has 1 rings (SSSR count). The van der Waals surface area contributed by atoms with Gasteiger partial charge in [-0.3, -0.25) is 4.90 Å². The van der Waals surface area contributed by atoms with Crippen molar-refractivity contribution in [3.63, 3.8) is 0 Å². The number of allylic oxidation sites excluding steroid dienone is 1. The van der Waals surface area contributed by atoms with E-state index in [9.17, 15) is 0 Å². The van der Waals surface area contributed by atoms with Crippen LogP contribution in [0, 0.1) is 0 Å². The van der Waals surface area contributed by atoms with Crippen molar-refractivity contribution in [1.82, 2.24) is 4.90 Å². The highest BCUT2D eigenvalue weighted by Crippen LogP contribution is 2.02. The second kappa shape index (κ2) is 7.87. The van der Waals surface area contributed by atoms with E-state index in [0.29, 0.717) is 12.4 Å². The van der Waals surface area contributed by atoms with Crippen molar-refractivity contribution in [2.75, 3.05) is 27.0 Å². The smallest absolute Gasteiger partial charge is 0.188 e. The molecule has 0 unspecified atom stereocenters. The Morgan fingerprint density at radius 2 is 2.00 bits per heavy atom. The van der Waals surface area contributed by atoms with Crippen LogP contribution in [0.2, 0.25) is 0 Å². The minimum Gasteiger partial charge on any atom is -0.473 e. The van der Waals surface area contributed by atoms with Crippen LogP contribution in [0.3, 0.4) is 0 Å². The third kappa shape index (κ3) is 6.76. The molecule has 0 spiro atoms. The number of likely N-dealkylation sites (N-methyl/N-ethyl adjacent to an activating group) is 1. The van der Waals surface area contributed by atoms with Gasteiger partial charge in [0, 0.05) is 13.1 Å². The van der Waals surface area contributed by atoms with Crippen molar-refractivity contribution < 1.29 is 9.47 Å². The van der Waals surface area contributed by atoms with Gasteiger partial charge in [0.2, 0.25) is 0 Å². The minimum absolute atomic E-state index is 0.286. The Balaban J connectivity index is 2.09. The van der Waals surface area contributed by atoms with Crippen LogP contribution in [0.5, 0.6) is 0 Å². The summed E-state index contributed by atoms with van der Waals surface area (Å²) in [6, 6.07) is 10.4. The largest absolute Gasteiger partial charge is 0.473 e. The van der Waals surface area contributed by atoms with Gasteiger partial charge < -0.3 is 9.47 Å². The first-order chi connectivity index (χ1) is 8.18. The van der Waals surface area contributed by atoms with Crippen molar-refractivity contribution in [3.8, 4) is 0 Å². The number of benzene rings is 1. The van der Waals surface area contributed by atoms with Gasteiger partial charge in [0.05, 0.1) is 12.4 Å². The Morgan fingerprint density at radius 3 is 2.65 bits per heavy atom. The van der Waals surface area contributed by atoms with Crippen molar-refractivity contribution >= 4 is 0 Å². The second-order valence-electron chi connectivity index (χ2n) is 4.10. The molecule has 94 valence electrons. The lowest BCUT2D eigenvalue weighted by Crippen LogP contribution is -2.23. The highest BCUT2D eigenvalue weighted by molar-refractivity contribution is 5.14. The number of hydrogen-bond donors (Lipinski definition) is 0. The zero-order valence-corrected chi connectivity index (χ0v) is 10.7. The van der Waals surface area contributed by atoms with E-state index in [-0.39, 0.29) is 6.79 Å². The first-order valence-electron chi connectivity index (χ1n) is 5.77. The highest BCUT2D eigenvalue weighted by atomic mass is 16.7. The Bertz CT molecular complexity index is 324. The van der Waals surface area contributed by atoms with Crippen LogP contribution in [0.1, 0.15) is 12.5 Å². The molecule has 0 aliphatic carbocycles. The van der Waals surface area contributed by atoms with E-state index in [2.05, 4.69) is 42.8 Å². The number of nitrogens with zero attached hydrogens (tertiary/aromatic N) is 1. The van der Waals surface area contributed by atoms with E-state index in [1.807, 2.05) is 13.0 Å². The zero-order valence-electron chi connectivity index (χ0n) is 10.7. The normalized spacial score (nSPS) is 10.5. The molecule has 0 aromatic heterocycles. The molecule has 0 atom stereocenters. The summed E-state index contributed by atoms with van der Waals surface area (Å²) in [4.78, 5) is 2.22. The monoisotopic (exact) mass is 235 g/mol. The van der Waals surface area contributed by atoms with Gasteiger partial charge >= 0.3 is 0 Å². The molecule has 0 N–H and O–H groups in total. The summed E-state index contributed by atoms with van der Waals surface area (Å²) < 4.78 is 10.4. The molecule has 0 aliphatic rings. The lowest BCUT2D eigenvalue weighted by atomic mass is 10.2. The fraction of sp³-hybridized carbons (Fsp3) is 0.429. The van der Waals surface area contributed by atoms with Gasteiger partial charge in [-0.05, 0) is 19.5 Å². The molecule has 3 heteroatoms. The fourth-order valence-electron chi connectivity index (χ4n) is 1.40. The zero-order chi connectivity index (χ0) is 12.5. The molecule has 0 amide bonds. The molecule has 1 aromatic rings. The molecule has 0 aliphatic heterocycles. The van der Waals surface area contributed by atoms with Crippen molar-refractivity contribution in [3.05, 3.63) is 48.2 Å². The molecule has 0 saturated heterocycles. The molecule has 17 heavy (non-hydrogen) atoms. The molecule has 0 radical (unpaired) electrons. The van der Waals surface area contributed by atoms with E-state index < -0.39 is 0 Å². The maximum absolute atomic E-state index is 5.33. The average Bonchev–Trinajstić information content (AvgIpc) is 2.29. The van der Waals surface area contributed by atoms with Gasteiger partial charge in [0.25, 0.3) is 0 Å². The van der Waals surface area contributed by atoms with Crippen LogP contribution in [0.25, 0.3) is 0 Å². The standard InChI is InChI=1S/C14H21NO2/c1-13(2)17-12-16-10-9-15(3)11-14-7-5-4-6-8-14/h4-8H,1,9-12H2,2-3H3. The molecule has 0 fully saturated rings. The lowest BCUT2D eigenvalue weighted by Gasteiger charge is -2.16. The Kier molecular flexibility index (Phi) is 6.37. The quantitative estimate of drug-likeness (QED) is 0.393. The first kappa shape index (κ1) is 13.7. The van der Waals surface area contributed by atoms with Crippen molar-refractivity contribution in [1.29, 1.82) is 0 Å². The van der Waals surface area contributed by atoms with E-state index in [1.165, 1.54) is 5.56 Å². The van der Waals surface area contributed by atoms with Crippen LogP contribution in [-0.2, 0) is 16.0 Å². The Morgan fingerprint density at radius 1 is 1.29 bits per heavy atom. The van der Waals surface area contributed by atoms with Gasteiger partial charge in [-0.1, -0.05) is 36.9 Å². The molecule has 1 aromatic carbocycles. The summed E-state index contributed by atoms with van der Waals surface area (Å²) in [5.74, 6) is 0.683. The van der Waals surface area contributed by atoms with Crippen LogP contribution < -0.4 is 0 Å². The van der Waals surface area contributed by atoms with E-state index in [4.69, 9.17) is 9.47 Å². The third-order valence-corrected chi connectivity index (χ3v) is 2.30. The first-order valence-corrected chi connectivity index (χ1v) is 5.77. The number of rotatable bonds is 8. The van der Waals surface area contributed by atoms with Gasteiger partial charge in [-0.15, -0.1) is 0 Å². The van der Waals surface area contributed by atoms with E-state index in [1.54, 1.807) is 0 Å². The highest BCUT2D eigenvalue weighted by Gasteiger charge is 1.99. The maximum atomic E-state index is 5.33. The molecule has 3 nitrogen and oxygen atoms in total. The van der Waals surface area contributed by atoms with Gasteiger partial charge in [-0.2, -0.15) is 0 Å². The number of ether oxygens (including phenoxy) is 2. The predicted molar refractivity (Wildman–Crippen MR) is 69.5 cm³/mol. The molecule has 0 saturated carbocycles. The van der Waals surface area contributed by atoms with Gasteiger partial charge in [0.1, 0.15) is 0 Å². The van der Waals surface area contributed by atoms with E-state index >= 15 is 0 Å². The summed E-state index contributed by atoms with van der Waals surface area (Å²) in [6.07, 6.45) is 0. The second-order valence-corrected chi connectivity index (χ2v) is 4.10. The average molecular weight is 235 g/mol. The summed E-state index contributed by atoms with van der Waals surface area (Å²) in [7, 11) is 2.08. The SMILES string of the molecule is C=C(C)OCOCCN(C)Cc1ccccc1. The Hall–Kier alpha value is -1.32. The van der Waals surface area contributed by atoms with Crippen molar-refractivity contribution in [2.24, 2.45) is 0 Å². The summed E-state index contributed by atoms with van der Waals surface area (Å²) in [5.41, 5.74) is 1.31.